The number of carbonyl (C=O) groups excluding carboxylic acids is 1. The maximum atomic E-state index is 12.4. The third kappa shape index (κ3) is 2.89. The maximum Gasteiger partial charge on any atom is 0.292 e. The van der Waals surface area contributed by atoms with Gasteiger partial charge in [-0.15, -0.1) is 0 Å². The minimum absolute atomic E-state index is 0.0988. The van der Waals surface area contributed by atoms with E-state index in [0.717, 1.165) is 32.4 Å². The number of aromatic amines is 1. The summed E-state index contributed by atoms with van der Waals surface area (Å²) in [5, 5.41) is 2.18. The van der Waals surface area contributed by atoms with E-state index in [0.29, 0.717) is 19.1 Å². The van der Waals surface area contributed by atoms with E-state index in [4.69, 9.17) is 4.52 Å². The van der Waals surface area contributed by atoms with Gasteiger partial charge in [0.25, 0.3) is 11.5 Å². The van der Waals surface area contributed by atoms with Crippen LogP contribution in [0.2, 0.25) is 0 Å². The standard InChI is InChI=1S/C18H21N3O3/c22-17-12-16(24-19-17)18(23)21-7-3-6-20(8-9-21)15-10-13-4-1-2-5-14(13)11-15/h1-2,4-5,12,15H,3,6-11H2,(H,19,22). The normalized spacial score (nSPS) is 19.2. The largest absolute Gasteiger partial charge is 0.373 e. The molecule has 6 heteroatoms. The topological polar surface area (TPSA) is 69.5 Å². The fourth-order valence-corrected chi connectivity index (χ4v) is 3.84. The van der Waals surface area contributed by atoms with Crippen LogP contribution < -0.4 is 5.56 Å². The Bertz CT molecular complexity index is 770. The fraction of sp³-hybridized carbons (Fsp3) is 0.444. The molecule has 1 aliphatic carbocycles. The minimum atomic E-state index is -0.376. The zero-order chi connectivity index (χ0) is 16.5. The molecular weight excluding hydrogens is 306 g/mol. The van der Waals surface area contributed by atoms with Gasteiger partial charge in [0, 0.05) is 32.2 Å². The molecule has 2 aliphatic rings. The van der Waals surface area contributed by atoms with E-state index in [9.17, 15) is 9.59 Å². The van der Waals surface area contributed by atoms with Crippen LogP contribution in [0.4, 0.5) is 0 Å². The number of nitrogens with zero attached hydrogens (tertiary/aromatic N) is 2. The summed E-state index contributed by atoms with van der Waals surface area (Å²) in [5.41, 5.74) is 2.53. The molecule has 0 saturated carbocycles. The van der Waals surface area contributed by atoms with E-state index in [1.807, 2.05) is 0 Å². The molecule has 1 fully saturated rings. The van der Waals surface area contributed by atoms with Gasteiger partial charge in [0.2, 0.25) is 5.76 Å². The van der Waals surface area contributed by atoms with Gasteiger partial charge < -0.3 is 9.42 Å². The minimum Gasteiger partial charge on any atom is -0.373 e. The first-order chi connectivity index (χ1) is 11.7. The predicted octanol–water partition coefficient (Wildman–Crippen LogP) is 1.28. The first-order valence-electron chi connectivity index (χ1n) is 8.49. The Labute approximate surface area is 140 Å². The second kappa shape index (κ2) is 6.28. The van der Waals surface area contributed by atoms with Crippen LogP contribution in [0.5, 0.6) is 0 Å². The van der Waals surface area contributed by atoms with Crippen LogP contribution in [0.25, 0.3) is 0 Å². The highest BCUT2D eigenvalue weighted by atomic mass is 16.5. The number of aromatic nitrogens is 1. The zero-order valence-electron chi connectivity index (χ0n) is 13.5. The smallest absolute Gasteiger partial charge is 0.292 e. The SMILES string of the molecule is O=C(c1cc(=O)[nH]o1)N1CCCN(C2Cc3ccccc3C2)CC1. The van der Waals surface area contributed by atoms with Crippen molar-refractivity contribution in [3.05, 3.63) is 57.6 Å². The molecule has 1 aromatic heterocycles. The lowest BCUT2D eigenvalue weighted by Crippen LogP contribution is -2.40. The van der Waals surface area contributed by atoms with E-state index in [1.165, 1.54) is 17.2 Å². The highest BCUT2D eigenvalue weighted by molar-refractivity contribution is 5.91. The number of amides is 1. The number of hydrogen-bond acceptors (Lipinski definition) is 4. The number of hydrogen-bond donors (Lipinski definition) is 1. The van der Waals surface area contributed by atoms with Crippen molar-refractivity contribution in [3.63, 3.8) is 0 Å². The van der Waals surface area contributed by atoms with Crippen LogP contribution in [-0.4, -0.2) is 53.1 Å². The highest BCUT2D eigenvalue weighted by Gasteiger charge is 2.29. The van der Waals surface area contributed by atoms with Crippen LogP contribution in [-0.2, 0) is 12.8 Å². The van der Waals surface area contributed by atoms with Gasteiger partial charge in [0.1, 0.15) is 0 Å². The molecule has 1 aliphatic heterocycles. The maximum absolute atomic E-state index is 12.4. The summed E-state index contributed by atoms with van der Waals surface area (Å²) in [5.74, 6) is -0.105. The van der Waals surface area contributed by atoms with Gasteiger partial charge in [-0.1, -0.05) is 24.3 Å². The van der Waals surface area contributed by atoms with Gasteiger partial charge in [-0.2, -0.15) is 5.16 Å². The van der Waals surface area contributed by atoms with Gasteiger partial charge in [-0.05, 0) is 30.4 Å². The molecule has 2 aromatic rings. The van der Waals surface area contributed by atoms with E-state index < -0.39 is 0 Å². The predicted molar refractivity (Wildman–Crippen MR) is 89.1 cm³/mol. The van der Waals surface area contributed by atoms with Gasteiger partial charge in [-0.25, -0.2) is 0 Å². The number of benzene rings is 1. The van der Waals surface area contributed by atoms with Crippen LogP contribution in [0.1, 0.15) is 28.1 Å². The molecule has 1 aromatic carbocycles. The zero-order valence-corrected chi connectivity index (χ0v) is 13.5. The summed E-state index contributed by atoms with van der Waals surface area (Å²) < 4.78 is 4.95. The Morgan fingerprint density at radius 3 is 2.50 bits per heavy atom. The Hall–Kier alpha value is -2.34. The molecular formula is C18H21N3O3. The third-order valence-corrected chi connectivity index (χ3v) is 5.10. The van der Waals surface area contributed by atoms with Crippen molar-refractivity contribution in [3.8, 4) is 0 Å². The molecule has 1 N–H and O–H groups in total. The Kier molecular flexibility index (Phi) is 3.98. The first kappa shape index (κ1) is 15.2. The summed E-state index contributed by atoms with van der Waals surface area (Å²) in [6.07, 6.45) is 3.13. The number of carbonyl (C=O) groups is 1. The summed E-state index contributed by atoms with van der Waals surface area (Å²) in [6, 6.07) is 10.4. The monoisotopic (exact) mass is 327 g/mol. The van der Waals surface area contributed by atoms with Crippen LogP contribution >= 0.6 is 0 Å². The Morgan fingerprint density at radius 2 is 1.83 bits per heavy atom. The van der Waals surface area contributed by atoms with Gasteiger partial charge >= 0.3 is 0 Å². The van der Waals surface area contributed by atoms with Crippen molar-refractivity contribution in [2.45, 2.75) is 25.3 Å². The van der Waals surface area contributed by atoms with E-state index in [2.05, 4.69) is 34.3 Å². The second-order valence-corrected chi connectivity index (χ2v) is 6.59. The second-order valence-electron chi connectivity index (χ2n) is 6.59. The average molecular weight is 327 g/mol. The van der Waals surface area contributed by atoms with Crippen LogP contribution in [0.15, 0.2) is 39.6 Å². The molecule has 0 radical (unpaired) electrons. The van der Waals surface area contributed by atoms with E-state index in [-0.39, 0.29) is 17.2 Å². The van der Waals surface area contributed by atoms with Gasteiger partial charge in [0.05, 0.1) is 6.07 Å². The lowest BCUT2D eigenvalue weighted by Gasteiger charge is -2.27. The van der Waals surface area contributed by atoms with E-state index in [1.54, 1.807) is 4.90 Å². The lowest BCUT2D eigenvalue weighted by atomic mass is 10.1. The fourth-order valence-electron chi connectivity index (χ4n) is 3.84. The number of fused-ring (bicyclic) bond motifs is 1. The molecule has 1 amide bonds. The lowest BCUT2D eigenvalue weighted by molar-refractivity contribution is 0.0716. The summed E-state index contributed by atoms with van der Waals surface area (Å²) in [6.45, 7) is 3.23. The molecule has 0 atom stereocenters. The quantitative estimate of drug-likeness (QED) is 0.902. The highest BCUT2D eigenvalue weighted by Crippen LogP contribution is 2.26. The summed E-state index contributed by atoms with van der Waals surface area (Å²) in [4.78, 5) is 27.9. The Balaban J connectivity index is 1.40. The van der Waals surface area contributed by atoms with Crippen molar-refractivity contribution in [1.82, 2.24) is 15.0 Å². The van der Waals surface area contributed by atoms with Crippen molar-refractivity contribution >= 4 is 5.91 Å². The third-order valence-electron chi connectivity index (χ3n) is 5.10. The van der Waals surface area contributed by atoms with Crippen LogP contribution in [0.3, 0.4) is 0 Å². The molecule has 4 rings (SSSR count). The molecule has 1 saturated heterocycles. The number of rotatable bonds is 2. The van der Waals surface area contributed by atoms with Gasteiger partial charge in [-0.3, -0.25) is 14.5 Å². The molecule has 24 heavy (non-hydrogen) atoms. The number of nitrogens with one attached hydrogen (secondary N) is 1. The first-order valence-corrected chi connectivity index (χ1v) is 8.49. The number of H-pyrrole nitrogens is 1. The molecule has 126 valence electrons. The summed E-state index contributed by atoms with van der Waals surface area (Å²) in [7, 11) is 0. The van der Waals surface area contributed by atoms with Crippen molar-refractivity contribution < 1.29 is 9.32 Å². The van der Waals surface area contributed by atoms with Crippen molar-refractivity contribution in [2.75, 3.05) is 26.2 Å². The molecule has 2 heterocycles. The van der Waals surface area contributed by atoms with Crippen molar-refractivity contribution in [1.29, 1.82) is 0 Å². The molecule has 6 nitrogen and oxygen atoms in total. The van der Waals surface area contributed by atoms with E-state index >= 15 is 0 Å². The Morgan fingerprint density at radius 1 is 1.08 bits per heavy atom. The van der Waals surface area contributed by atoms with Crippen molar-refractivity contribution in [2.24, 2.45) is 0 Å². The molecule has 0 unspecified atom stereocenters. The average Bonchev–Trinajstić information content (AvgIpc) is 3.13. The summed E-state index contributed by atoms with van der Waals surface area (Å²) >= 11 is 0. The molecule has 0 bridgehead atoms. The van der Waals surface area contributed by atoms with Gasteiger partial charge in [0.15, 0.2) is 0 Å². The molecule has 0 spiro atoms. The van der Waals surface area contributed by atoms with Crippen LogP contribution in [0, 0.1) is 0 Å².